The topological polar surface area (TPSA) is 58.4 Å². The highest BCUT2D eigenvalue weighted by Gasteiger charge is 2.31. The Labute approximate surface area is 115 Å². The molecule has 1 amide bonds. The Morgan fingerprint density at radius 3 is 2.55 bits per heavy atom. The van der Waals surface area contributed by atoms with Gasteiger partial charge in [0.15, 0.2) is 0 Å². The lowest BCUT2D eigenvalue weighted by atomic mass is 10.2. The van der Waals surface area contributed by atoms with Gasteiger partial charge >= 0.3 is 6.18 Å². The van der Waals surface area contributed by atoms with Crippen molar-refractivity contribution in [2.45, 2.75) is 13.1 Å². The number of aryl methyl sites for hydroxylation is 1. The molecule has 0 aliphatic carbocycles. The Bertz CT molecular complexity index is 449. The van der Waals surface area contributed by atoms with E-state index in [1.807, 2.05) is 19.1 Å². The molecule has 1 aromatic rings. The lowest BCUT2D eigenvalue weighted by molar-refractivity contribution is -0.147. The number of nitrogens with two attached hydrogens (primary N) is 1. The summed E-state index contributed by atoms with van der Waals surface area (Å²) in [6.07, 6.45) is -4.35. The van der Waals surface area contributed by atoms with Gasteiger partial charge in [-0.25, -0.2) is 0 Å². The number of hydrogen-bond acceptors (Lipinski definition) is 3. The molecule has 0 saturated carbocycles. The molecule has 0 heterocycles. The minimum Gasteiger partial charge on any atom is -0.329 e. The number of alkyl halides is 3. The third-order valence-corrected chi connectivity index (χ3v) is 2.63. The van der Waals surface area contributed by atoms with E-state index < -0.39 is 18.6 Å². The maximum Gasteiger partial charge on any atom is 0.401 e. The smallest absolute Gasteiger partial charge is 0.329 e. The summed E-state index contributed by atoms with van der Waals surface area (Å²) < 4.78 is 37.1. The van der Waals surface area contributed by atoms with Crippen LogP contribution in [0.5, 0.6) is 0 Å². The van der Waals surface area contributed by atoms with Crippen LogP contribution in [0, 0.1) is 6.92 Å². The maximum absolute atomic E-state index is 12.4. The van der Waals surface area contributed by atoms with E-state index in [2.05, 4.69) is 5.32 Å². The van der Waals surface area contributed by atoms with E-state index in [0.29, 0.717) is 5.69 Å². The second-order valence-corrected chi connectivity index (χ2v) is 4.48. The minimum atomic E-state index is -4.35. The summed E-state index contributed by atoms with van der Waals surface area (Å²) in [6.45, 7) is 0.397. The summed E-state index contributed by atoms with van der Waals surface area (Å²) in [6, 6.07) is 7.07. The number of carbonyl (C=O) groups is 1. The Balaban J connectivity index is 2.60. The van der Waals surface area contributed by atoms with Gasteiger partial charge in [-0.3, -0.25) is 9.69 Å². The fourth-order valence-corrected chi connectivity index (χ4v) is 1.76. The Kier molecular flexibility index (Phi) is 5.97. The van der Waals surface area contributed by atoms with Gasteiger partial charge < -0.3 is 11.1 Å². The molecule has 0 atom stereocenters. The van der Waals surface area contributed by atoms with Crippen LogP contribution in [-0.4, -0.2) is 43.2 Å². The number of hydrogen-bond donors (Lipinski definition) is 2. The molecule has 20 heavy (non-hydrogen) atoms. The highest BCUT2D eigenvalue weighted by Crippen LogP contribution is 2.17. The Hall–Kier alpha value is -1.60. The molecular formula is C13H18F3N3O. The van der Waals surface area contributed by atoms with Crippen LogP contribution in [0.25, 0.3) is 0 Å². The van der Waals surface area contributed by atoms with Gasteiger partial charge in [-0.15, -0.1) is 0 Å². The van der Waals surface area contributed by atoms with E-state index >= 15 is 0 Å². The van der Waals surface area contributed by atoms with Crippen molar-refractivity contribution < 1.29 is 18.0 Å². The SMILES string of the molecule is Cc1ccccc1NC(=O)CN(CCN)CC(F)(F)F. The number of nitrogens with one attached hydrogen (secondary N) is 1. The van der Waals surface area contributed by atoms with Crippen LogP contribution >= 0.6 is 0 Å². The number of carbonyl (C=O) groups excluding carboxylic acids is 1. The number of nitrogens with zero attached hydrogens (tertiary/aromatic N) is 1. The average Bonchev–Trinajstić information content (AvgIpc) is 2.30. The van der Waals surface area contributed by atoms with Crippen molar-refractivity contribution in [3.05, 3.63) is 29.8 Å². The van der Waals surface area contributed by atoms with Gasteiger partial charge in [0, 0.05) is 18.8 Å². The first-order chi connectivity index (χ1) is 9.31. The number of halogens is 3. The molecule has 0 bridgehead atoms. The molecule has 0 aliphatic heterocycles. The molecule has 1 rings (SSSR count). The standard InChI is InChI=1S/C13H18F3N3O/c1-10-4-2-3-5-11(10)18-12(20)8-19(7-6-17)9-13(14,15)16/h2-5H,6-9,17H2,1H3,(H,18,20). The van der Waals surface area contributed by atoms with Crippen molar-refractivity contribution in [3.8, 4) is 0 Å². The molecule has 0 saturated heterocycles. The predicted molar refractivity (Wildman–Crippen MR) is 71.4 cm³/mol. The third-order valence-electron chi connectivity index (χ3n) is 2.63. The number of rotatable bonds is 6. The number of benzene rings is 1. The molecule has 4 nitrogen and oxygen atoms in total. The zero-order valence-electron chi connectivity index (χ0n) is 11.2. The summed E-state index contributed by atoms with van der Waals surface area (Å²) in [5, 5.41) is 2.60. The largest absolute Gasteiger partial charge is 0.401 e. The lowest BCUT2D eigenvalue weighted by Crippen LogP contribution is -2.42. The van der Waals surface area contributed by atoms with Crippen molar-refractivity contribution in [2.24, 2.45) is 5.73 Å². The first-order valence-electron chi connectivity index (χ1n) is 6.16. The van der Waals surface area contributed by atoms with Crippen molar-refractivity contribution >= 4 is 11.6 Å². The zero-order chi connectivity index (χ0) is 15.2. The van der Waals surface area contributed by atoms with Crippen molar-refractivity contribution in [1.82, 2.24) is 4.90 Å². The first-order valence-corrected chi connectivity index (χ1v) is 6.16. The second kappa shape index (κ2) is 7.25. The normalized spacial score (nSPS) is 11.7. The molecule has 0 unspecified atom stereocenters. The van der Waals surface area contributed by atoms with E-state index in [4.69, 9.17) is 5.73 Å². The van der Waals surface area contributed by atoms with Crippen LogP contribution in [0.3, 0.4) is 0 Å². The second-order valence-electron chi connectivity index (χ2n) is 4.48. The van der Waals surface area contributed by atoms with E-state index in [1.54, 1.807) is 12.1 Å². The van der Waals surface area contributed by atoms with Gasteiger partial charge in [0.2, 0.25) is 5.91 Å². The van der Waals surface area contributed by atoms with E-state index in [1.165, 1.54) is 0 Å². The fourth-order valence-electron chi connectivity index (χ4n) is 1.76. The third kappa shape index (κ3) is 6.03. The average molecular weight is 289 g/mol. The highest BCUT2D eigenvalue weighted by molar-refractivity contribution is 5.92. The van der Waals surface area contributed by atoms with Crippen molar-refractivity contribution in [3.63, 3.8) is 0 Å². The maximum atomic E-state index is 12.4. The summed E-state index contributed by atoms with van der Waals surface area (Å²) in [5.74, 6) is -0.489. The number of para-hydroxylation sites is 1. The monoisotopic (exact) mass is 289 g/mol. The lowest BCUT2D eigenvalue weighted by Gasteiger charge is -2.22. The summed E-state index contributed by atoms with van der Waals surface area (Å²) in [4.78, 5) is 12.8. The summed E-state index contributed by atoms with van der Waals surface area (Å²) in [7, 11) is 0. The highest BCUT2D eigenvalue weighted by atomic mass is 19.4. The van der Waals surface area contributed by atoms with Gasteiger partial charge in [-0.05, 0) is 18.6 Å². The Morgan fingerprint density at radius 2 is 2.00 bits per heavy atom. The van der Waals surface area contributed by atoms with Gasteiger partial charge in [0.25, 0.3) is 0 Å². The van der Waals surface area contributed by atoms with Crippen molar-refractivity contribution in [1.29, 1.82) is 0 Å². The first kappa shape index (κ1) is 16.5. The quantitative estimate of drug-likeness (QED) is 0.839. The van der Waals surface area contributed by atoms with Crippen LogP contribution < -0.4 is 11.1 Å². The zero-order valence-corrected chi connectivity index (χ0v) is 11.2. The van der Waals surface area contributed by atoms with Crippen molar-refractivity contribution in [2.75, 3.05) is 31.5 Å². The fraction of sp³-hybridized carbons (Fsp3) is 0.462. The molecule has 0 radical (unpaired) electrons. The van der Waals surface area contributed by atoms with Crippen LogP contribution in [0.15, 0.2) is 24.3 Å². The van der Waals surface area contributed by atoms with E-state index in [0.717, 1.165) is 10.5 Å². The van der Waals surface area contributed by atoms with Crippen LogP contribution in [0.1, 0.15) is 5.56 Å². The summed E-state index contributed by atoms with van der Waals surface area (Å²) >= 11 is 0. The number of anilines is 1. The van der Waals surface area contributed by atoms with Gasteiger partial charge in [0.05, 0.1) is 13.1 Å². The molecule has 7 heteroatoms. The van der Waals surface area contributed by atoms with E-state index in [-0.39, 0.29) is 19.6 Å². The van der Waals surface area contributed by atoms with E-state index in [9.17, 15) is 18.0 Å². The summed E-state index contributed by atoms with van der Waals surface area (Å²) in [5.41, 5.74) is 6.70. The molecule has 0 aromatic heterocycles. The van der Waals surface area contributed by atoms with Crippen LogP contribution in [0.2, 0.25) is 0 Å². The molecule has 3 N–H and O–H groups in total. The van der Waals surface area contributed by atoms with Crippen LogP contribution in [-0.2, 0) is 4.79 Å². The molecule has 112 valence electrons. The molecule has 0 aliphatic rings. The molecule has 1 aromatic carbocycles. The van der Waals surface area contributed by atoms with Gasteiger partial charge in [0.1, 0.15) is 0 Å². The molecule has 0 spiro atoms. The predicted octanol–water partition coefficient (Wildman–Crippen LogP) is 1.76. The minimum absolute atomic E-state index is 0.0146. The van der Waals surface area contributed by atoms with Gasteiger partial charge in [-0.1, -0.05) is 18.2 Å². The number of amides is 1. The van der Waals surface area contributed by atoms with Gasteiger partial charge in [-0.2, -0.15) is 13.2 Å². The molecular weight excluding hydrogens is 271 g/mol. The van der Waals surface area contributed by atoms with Crippen LogP contribution in [0.4, 0.5) is 18.9 Å². The molecule has 0 fully saturated rings. The Morgan fingerprint density at radius 1 is 1.35 bits per heavy atom.